The molecule has 0 saturated heterocycles. The molecule has 0 saturated carbocycles. The summed E-state index contributed by atoms with van der Waals surface area (Å²) in [6, 6.07) is 6.69. The first-order chi connectivity index (χ1) is 8.63. The molecule has 1 aromatic carbocycles. The van der Waals surface area contributed by atoms with Crippen LogP contribution >= 0.6 is 11.6 Å². The molecule has 18 heavy (non-hydrogen) atoms. The number of hydrogen-bond donors (Lipinski definition) is 0. The highest BCUT2D eigenvalue weighted by Crippen LogP contribution is 2.12. The van der Waals surface area contributed by atoms with Crippen molar-refractivity contribution in [3.8, 4) is 18.0 Å². The van der Waals surface area contributed by atoms with Gasteiger partial charge in [0, 0.05) is 17.4 Å². The summed E-state index contributed by atoms with van der Waals surface area (Å²) in [6.45, 7) is 0.0739. The molecule has 0 atom stereocenters. The molecule has 0 spiro atoms. The largest absolute Gasteiger partial charge is 0.321 e. The van der Waals surface area contributed by atoms with Crippen molar-refractivity contribution in [1.82, 2.24) is 9.13 Å². The Morgan fingerprint density at radius 3 is 2.67 bits per heavy atom. The number of terminal acetylenes is 1. The highest BCUT2D eigenvalue weighted by molar-refractivity contribution is 6.30. The van der Waals surface area contributed by atoms with Crippen molar-refractivity contribution >= 4 is 11.6 Å². The lowest BCUT2D eigenvalue weighted by Gasteiger charge is -2.07. The standard InChI is InChI=1S/C13H9ClN2O2/c1-2-6-15-7-8-16(13(18)12(15)17)11-5-3-4-10(14)9-11/h1,3-5,7-9H,6H2. The molecular formula is C13H9ClN2O2. The summed E-state index contributed by atoms with van der Waals surface area (Å²) in [4.78, 5) is 23.6. The van der Waals surface area contributed by atoms with Crippen LogP contribution in [0.1, 0.15) is 0 Å². The van der Waals surface area contributed by atoms with Crippen LogP contribution < -0.4 is 11.1 Å². The minimum Gasteiger partial charge on any atom is -0.298 e. The first-order valence-electron chi connectivity index (χ1n) is 5.15. The predicted molar refractivity (Wildman–Crippen MR) is 70.1 cm³/mol. The third-order valence-corrected chi connectivity index (χ3v) is 2.64. The molecule has 0 aliphatic carbocycles. The van der Waals surface area contributed by atoms with E-state index in [9.17, 15) is 9.59 Å². The summed E-state index contributed by atoms with van der Waals surface area (Å²) < 4.78 is 2.42. The summed E-state index contributed by atoms with van der Waals surface area (Å²) in [5.41, 5.74) is -0.775. The SMILES string of the molecule is C#CCn1ccn(-c2cccc(Cl)c2)c(=O)c1=O. The van der Waals surface area contributed by atoms with Gasteiger partial charge in [-0.2, -0.15) is 0 Å². The summed E-state index contributed by atoms with van der Waals surface area (Å²) >= 11 is 5.84. The van der Waals surface area contributed by atoms with Gasteiger partial charge in [0.15, 0.2) is 0 Å². The van der Waals surface area contributed by atoms with Crippen molar-refractivity contribution in [2.24, 2.45) is 0 Å². The van der Waals surface area contributed by atoms with Gasteiger partial charge in [0.05, 0.1) is 12.2 Å². The number of halogens is 1. The second kappa shape index (κ2) is 4.94. The van der Waals surface area contributed by atoms with E-state index in [4.69, 9.17) is 18.0 Å². The maximum absolute atomic E-state index is 11.9. The van der Waals surface area contributed by atoms with Crippen LogP contribution in [0.15, 0.2) is 46.2 Å². The van der Waals surface area contributed by atoms with E-state index in [0.29, 0.717) is 10.7 Å². The van der Waals surface area contributed by atoms with E-state index >= 15 is 0 Å². The Hall–Kier alpha value is -2.25. The van der Waals surface area contributed by atoms with Gasteiger partial charge < -0.3 is 0 Å². The van der Waals surface area contributed by atoms with Gasteiger partial charge in [-0.15, -0.1) is 6.42 Å². The summed E-state index contributed by atoms with van der Waals surface area (Å²) in [5.74, 6) is 2.31. The second-order valence-corrected chi connectivity index (χ2v) is 4.03. The minimum atomic E-state index is -0.657. The lowest BCUT2D eigenvalue weighted by molar-refractivity contribution is 0.744. The zero-order valence-corrected chi connectivity index (χ0v) is 10.1. The summed E-state index contributed by atoms with van der Waals surface area (Å²) in [5, 5.41) is 0.493. The maximum atomic E-state index is 11.9. The Balaban J connectivity index is 2.62. The molecule has 4 nitrogen and oxygen atoms in total. The quantitative estimate of drug-likeness (QED) is 0.603. The summed E-state index contributed by atoms with van der Waals surface area (Å²) in [7, 11) is 0. The fourth-order valence-electron chi connectivity index (χ4n) is 1.56. The van der Waals surface area contributed by atoms with Crippen molar-refractivity contribution in [1.29, 1.82) is 0 Å². The van der Waals surface area contributed by atoms with Crippen molar-refractivity contribution in [3.05, 3.63) is 62.4 Å². The van der Waals surface area contributed by atoms with Crippen LogP contribution in [0.2, 0.25) is 5.02 Å². The maximum Gasteiger partial charge on any atom is 0.321 e. The van der Waals surface area contributed by atoms with Crippen LogP contribution in [0.5, 0.6) is 0 Å². The van der Waals surface area contributed by atoms with Crippen molar-refractivity contribution in [2.75, 3.05) is 0 Å². The molecule has 5 heteroatoms. The molecule has 1 aromatic heterocycles. The summed E-state index contributed by atoms with van der Waals surface area (Å²) in [6.07, 6.45) is 8.08. The molecule has 0 fully saturated rings. The molecule has 0 amide bonds. The monoisotopic (exact) mass is 260 g/mol. The molecule has 0 bridgehead atoms. The van der Waals surface area contributed by atoms with Gasteiger partial charge >= 0.3 is 11.1 Å². The van der Waals surface area contributed by atoms with Crippen molar-refractivity contribution in [2.45, 2.75) is 6.54 Å². The molecule has 0 aliphatic heterocycles. The first-order valence-corrected chi connectivity index (χ1v) is 5.53. The smallest absolute Gasteiger partial charge is 0.298 e. The lowest BCUT2D eigenvalue weighted by Crippen LogP contribution is -2.39. The van der Waals surface area contributed by atoms with E-state index in [-0.39, 0.29) is 6.54 Å². The fourth-order valence-corrected chi connectivity index (χ4v) is 1.75. The molecule has 0 aliphatic rings. The molecule has 0 unspecified atom stereocenters. The third-order valence-electron chi connectivity index (χ3n) is 2.41. The number of rotatable bonds is 2. The van der Waals surface area contributed by atoms with Crippen LogP contribution in [0.4, 0.5) is 0 Å². The topological polar surface area (TPSA) is 44.0 Å². The number of nitrogens with zero attached hydrogens (tertiary/aromatic N) is 2. The zero-order chi connectivity index (χ0) is 13.1. The van der Waals surface area contributed by atoms with E-state index in [1.807, 2.05) is 0 Å². The van der Waals surface area contributed by atoms with Crippen molar-refractivity contribution in [3.63, 3.8) is 0 Å². The van der Waals surface area contributed by atoms with Crippen molar-refractivity contribution < 1.29 is 0 Å². The van der Waals surface area contributed by atoms with Gasteiger partial charge in [0.25, 0.3) is 0 Å². The van der Waals surface area contributed by atoms with Gasteiger partial charge in [-0.1, -0.05) is 23.6 Å². The normalized spacial score (nSPS) is 10.0. The van der Waals surface area contributed by atoms with Crippen LogP contribution in [-0.2, 0) is 6.54 Å². The molecule has 2 rings (SSSR count). The third kappa shape index (κ3) is 2.22. The average Bonchev–Trinajstić information content (AvgIpc) is 2.35. The second-order valence-electron chi connectivity index (χ2n) is 3.59. The molecule has 2 aromatic rings. The molecule has 0 N–H and O–H groups in total. The van der Waals surface area contributed by atoms with Crippen LogP contribution in [0.25, 0.3) is 5.69 Å². The zero-order valence-electron chi connectivity index (χ0n) is 9.34. The Morgan fingerprint density at radius 2 is 2.00 bits per heavy atom. The number of hydrogen-bond acceptors (Lipinski definition) is 2. The fraction of sp³-hybridized carbons (Fsp3) is 0.0769. The minimum absolute atomic E-state index is 0.0739. The first kappa shape index (κ1) is 12.2. The molecule has 1 heterocycles. The Labute approximate surface area is 108 Å². The Morgan fingerprint density at radius 1 is 1.22 bits per heavy atom. The van der Waals surface area contributed by atoms with Crippen LogP contribution in [0.3, 0.4) is 0 Å². The van der Waals surface area contributed by atoms with E-state index in [2.05, 4.69) is 5.92 Å². The van der Waals surface area contributed by atoms with E-state index in [0.717, 1.165) is 0 Å². The highest BCUT2D eigenvalue weighted by atomic mass is 35.5. The van der Waals surface area contributed by atoms with E-state index in [1.165, 1.54) is 21.5 Å². The van der Waals surface area contributed by atoms with Gasteiger partial charge in [0.1, 0.15) is 0 Å². The van der Waals surface area contributed by atoms with Crippen LogP contribution in [-0.4, -0.2) is 9.13 Å². The Bertz CT molecular complexity index is 738. The predicted octanol–water partition coefficient (Wildman–Crippen LogP) is 1.29. The number of benzene rings is 1. The average molecular weight is 261 g/mol. The van der Waals surface area contributed by atoms with Gasteiger partial charge in [-0.25, -0.2) is 0 Å². The number of aromatic nitrogens is 2. The van der Waals surface area contributed by atoms with E-state index in [1.54, 1.807) is 24.3 Å². The lowest BCUT2D eigenvalue weighted by atomic mass is 10.3. The van der Waals surface area contributed by atoms with Crippen LogP contribution in [0, 0.1) is 12.3 Å². The van der Waals surface area contributed by atoms with Gasteiger partial charge in [-0.3, -0.25) is 18.7 Å². The Kier molecular flexibility index (Phi) is 3.35. The van der Waals surface area contributed by atoms with E-state index < -0.39 is 11.1 Å². The molecular weight excluding hydrogens is 252 g/mol. The molecule has 0 radical (unpaired) electrons. The van der Waals surface area contributed by atoms with Gasteiger partial charge in [-0.05, 0) is 18.2 Å². The highest BCUT2D eigenvalue weighted by Gasteiger charge is 2.06. The van der Waals surface area contributed by atoms with Gasteiger partial charge in [0.2, 0.25) is 0 Å². The molecule has 90 valence electrons.